The fourth-order valence-electron chi connectivity index (χ4n) is 1.62. The van der Waals surface area contributed by atoms with E-state index in [1.165, 1.54) is 0 Å². The lowest BCUT2D eigenvalue weighted by molar-refractivity contribution is 0.0461. The number of carbonyl (C=O) groups excluding carboxylic acids is 1. The van der Waals surface area contributed by atoms with Gasteiger partial charge in [0.05, 0.1) is 16.9 Å². The molecule has 0 aliphatic heterocycles. The molecule has 0 saturated carbocycles. The predicted octanol–water partition coefficient (Wildman–Crippen LogP) is 2.61. The number of ether oxygens (including phenoxy) is 1. The Bertz CT molecular complexity index is 660. The number of rotatable bonds is 3. The van der Waals surface area contributed by atoms with Crippen molar-refractivity contribution in [2.75, 3.05) is 5.73 Å². The van der Waals surface area contributed by atoms with Crippen molar-refractivity contribution >= 4 is 11.7 Å². The summed E-state index contributed by atoms with van der Waals surface area (Å²) in [6.07, 6.45) is 0. The lowest BCUT2D eigenvalue weighted by Gasteiger charge is -2.07. The summed E-state index contributed by atoms with van der Waals surface area (Å²) >= 11 is 0. The smallest absolute Gasteiger partial charge is 0.341 e. The van der Waals surface area contributed by atoms with Crippen molar-refractivity contribution in [3.05, 3.63) is 58.9 Å². The van der Waals surface area contributed by atoms with Crippen LogP contribution in [0.3, 0.4) is 0 Å². The highest BCUT2D eigenvalue weighted by Crippen LogP contribution is 2.17. The lowest BCUT2D eigenvalue weighted by Crippen LogP contribution is -2.10. The lowest BCUT2D eigenvalue weighted by atomic mass is 10.2. The van der Waals surface area contributed by atoms with Crippen LogP contribution in [0.2, 0.25) is 0 Å². The molecule has 0 bridgehead atoms. The first-order valence-electron chi connectivity index (χ1n) is 5.81. The molecule has 0 unspecified atom stereocenters. The van der Waals surface area contributed by atoms with Crippen molar-refractivity contribution in [2.45, 2.75) is 13.5 Å². The molecule has 20 heavy (non-hydrogen) atoms. The number of anilines is 1. The fraction of sp³-hybridized carbons (Fsp3) is 0.143. The summed E-state index contributed by atoms with van der Waals surface area (Å²) in [5, 5.41) is 0. The zero-order chi connectivity index (χ0) is 14.7. The number of esters is 1. The van der Waals surface area contributed by atoms with Crippen LogP contribution in [-0.2, 0) is 11.3 Å². The monoisotopic (exact) mass is 278 g/mol. The van der Waals surface area contributed by atoms with Gasteiger partial charge in [0.2, 0.25) is 0 Å². The molecule has 0 spiro atoms. The van der Waals surface area contributed by atoms with Gasteiger partial charge in [-0.05, 0) is 25.1 Å². The van der Waals surface area contributed by atoms with E-state index in [2.05, 4.69) is 4.98 Å². The molecular weight excluding hydrogens is 266 g/mol. The highest BCUT2D eigenvalue weighted by atomic mass is 19.1. The van der Waals surface area contributed by atoms with Crippen LogP contribution in [0.4, 0.5) is 14.5 Å². The highest BCUT2D eigenvalue weighted by molar-refractivity contribution is 5.90. The molecule has 0 fully saturated rings. The number of pyridine rings is 1. The Morgan fingerprint density at radius 2 is 2.05 bits per heavy atom. The Balaban J connectivity index is 2.11. The van der Waals surface area contributed by atoms with E-state index in [0.29, 0.717) is 5.69 Å². The van der Waals surface area contributed by atoms with Gasteiger partial charge in [-0.2, -0.15) is 0 Å². The van der Waals surface area contributed by atoms with Crippen molar-refractivity contribution in [1.29, 1.82) is 0 Å². The summed E-state index contributed by atoms with van der Waals surface area (Å²) in [5.41, 5.74) is 5.63. The molecule has 2 rings (SSSR count). The molecule has 4 nitrogen and oxygen atoms in total. The van der Waals surface area contributed by atoms with E-state index in [-0.39, 0.29) is 12.3 Å². The Morgan fingerprint density at radius 3 is 2.75 bits per heavy atom. The molecule has 2 N–H and O–H groups in total. The maximum atomic E-state index is 13.5. The number of aryl methyl sites for hydroxylation is 1. The van der Waals surface area contributed by atoms with Crippen LogP contribution in [0.5, 0.6) is 0 Å². The molecule has 0 aliphatic rings. The van der Waals surface area contributed by atoms with Crippen LogP contribution in [0.25, 0.3) is 0 Å². The summed E-state index contributed by atoms with van der Waals surface area (Å²) in [4.78, 5) is 15.8. The minimum absolute atomic E-state index is 0.119. The quantitative estimate of drug-likeness (QED) is 0.692. The largest absolute Gasteiger partial charge is 0.456 e. The van der Waals surface area contributed by atoms with Crippen LogP contribution in [0, 0.1) is 18.6 Å². The molecule has 0 atom stereocenters. The predicted molar refractivity (Wildman–Crippen MR) is 68.9 cm³/mol. The zero-order valence-corrected chi connectivity index (χ0v) is 10.7. The van der Waals surface area contributed by atoms with Gasteiger partial charge in [0.1, 0.15) is 18.2 Å². The van der Waals surface area contributed by atoms with Crippen molar-refractivity contribution in [3.63, 3.8) is 0 Å². The van der Waals surface area contributed by atoms with Gasteiger partial charge in [0.15, 0.2) is 0 Å². The number of carbonyl (C=O) groups is 1. The summed E-state index contributed by atoms with van der Waals surface area (Å²) in [5.74, 6) is -2.76. The van der Waals surface area contributed by atoms with E-state index in [9.17, 15) is 13.6 Å². The fourth-order valence-corrected chi connectivity index (χ4v) is 1.62. The van der Waals surface area contributed by atoms with E-state index in [1.807, 2.05) is 0 Å². The molecule has 104 valence electrons. The van der Waals surface area contributed by atoms with Crippen LogP contribution < -0.4 is 5.73 Å². The average molecular weight is 278 g/mol. The third kappa shape index (κ3) is 3.09. The van der Waals surface area contributed by atoms with Crippen LogP contribution in [0.1, 0.15) is 21.7 Å². The first kappa shape index (κ1) is 13.9. The van der Waals surface area contributed by atoms with Gasteiger partial charge in [-0.1, -0.05) is 6.07 Å². The molecular formula is C14H12F2N2O2. The summed E-state index contributed by atoms with van der Waals surface area (Å²) in [6, 6.07) is 6.68. The van der Waals surface area contributed by atoms with Gasteiger partial charge in [-0.3, -0.25) is 4.98 Å². The number of nitrogens with zero attached hydrogens (tertiary/aromatic N) is 1. The number of aromatic nitrogens is 1. The summed E-state index contributed by atoms with van der Waals surface area (Å²) in [7, 11) is 0. The molecule has 0 amide bonds. The standard InChI is InChI=1S/C14H12F2N2O2/c1-8-3-2-4-9(18-8)7-20-14(19)10-5-12(16)13(17)6-11(10)15/h2-6H,7,17H2,1H3. The van der Waals surface area contributed by atoms with Crippen molar-refractivity contribution < 1.29 is 18.3 Å². The SMILES string of the molecule is Cc1cccc(COC(=O)c2cc(F)c(N)cc2F)n1. The molecule has 2 aromatic rings. The molecule has 1 aromatic heterocycles. The van der Waals surface area contributed by atoms with Gasteiger partial charge < -0.3 is 10.5 Å². The molecule has 6 heteroatoms. The van der Waals surface area contributed by atoms with E-state index < -0.39 is 23.2 Å². The maximum absolute atomic E-state index is 13.5. The molecule has 0 aliphatic carbocycles. The molecule has 0 radical (unpaired) electrons. The number of hydrogen-bond donors (Lipinski definition) is 1. The highest BCUT2D eigenvalue weighted by Gasteiger charge is 2.16. The second-order valence-electron chi connectivity index (χ2n) is 4.20. The summed E-state index contributed by atoms with van der Waals surface area (Å²) in [6.45, 7) is 1.67. The van der Waals surface area contributed by atoms with E-state index in [4.69, 9.17) is 10.5 Å². The number of benzene rings is 1. The number of halogens is 2. The summed E-state index contributed by atoms with van der Waals surface area (Å²) < 4.78 is 31.6. The van der Waals surface area contributed by atoms with Crippen molar-refractivity contribution in [1.82, 2.24) is 4.98 Å². The Kier molecular flexibility index (Phi) is 3.93. The minimum Gasteiger partial charge on any atom is -0.456 e. The van der Waals surface area contributed by atoms with Gasteiger partial charge >= 0.3 is 5.97 Å². The molecule has 1 heterocycles. The van der Waals surface area contributed by atoms with Crippen molar-refractivity contribution in [3.8, 4) is 0 Å². The number of nitrogens with two attached hydrogens (primary N) is 1. The van der Waals surface area contributed by atoms with Crippen LogP contribution in [-0.4, -0.2) is 11.0 Å². The van der Waals surface area contributed by atoms with Crippen LogP contribution in [0.15, 0.2) is 30.3 Å². The first-order valence-corrected chi connectivity index (χ1v) is 5.81. The second-order valence-corrected chi connectivity index (χ2v) is 4.20. The zero-order valence-electron chi connectivity index (χ0n) is 10.7. The van der Waals surface area contributed by atoms with E-state index in [1.54, 1.807) is 25.1 Å². The third-order valence-electron chi connectivity index (χ3n) is 2.60. The maximum Gasteiger partial charge on any atom is 0.341 e. The Labute approximate surface area is 114 Å². The Morgan fingerprint density at radius 1 is 1.30 bits per heavy atom. The van der Waals surface area contributed by atoms with E-state index in [0.717, 1.165) is 17.8 Å². The minimum atomic E-state index is -0.968. The second kappa shape index (κ2) is 5.64. The average Bonchev–Trinajstić information content (AvgIpc) is 2.40. The molecule has 1 aromatic carbocycles. The van der Waals surface area contributed by atoms with E-state index >= 15 is 0 Å². The van der Waals surface area contributed by atoms with Crippen molar-refractivity contribution in [2.24, 2.45) is 0 Å². The van der Waals surface area contributed by atoms with Gasteiger partial charge in [0.25, 0.3) is 0 Å². The molecule has 0 saturated heterocycles. The number of hydrogen-bond acceptors (Lipinski definition) is 4. The normalized spacial score (nSPS) is 10.3. The number of nitrogen functional groups attached to an aromatic ring is 1. The van der Waals surface area contributed by atoms with Gasteiger partial charge in [-0.15, -0.1) is 0 Å². The Hall–Kier alpha value is -2.50. The van der Waals surface area contributed by atoms with Gasteiger partial charge in [-0.25, -0.2) is 13.6 Å². The van der Waals surface area contributed by atoms with Crippen LogP contribution >= 0.6 is 0 Å². The first-order chi connectivity index (χ1) is 9.47. The van der Waals surface area contributed by atoms with Gasteiger partial charge in [0, 0.05) is 11.8 Å². The topological polar surface area (TPSA) is 65.2 Å². The third-order valence-corrected chi connectivity index (χ3v) is 2.60.